The first-order valence-corrected chi connectivity index (χ1v) is 12.2. The summed E-state index contributed by atoms with van der Waals surface area (Å²) < 4.78 is 28.3. The quantitative estimate of drug-likeness (QED) is 0.694. The Hall–Kier alpha value is -1.79. The van der Waals surface area contributed by atoms with E-state index in [1.807, 2.05) is 37.3 Å². The number of hydrogen-bond acceptors (Lipinski definition) is 4. The maximum absolute atomic E-state index is 13.4. The number of hydrogen-bond donors (Lipinski definition) is 0. The molecule has 4 rings (SSSR count). The third-order valence-electron chi connectivity index (χ3n) is 5.44. The Kier molecular flexibility index (Phi) is 5.78. The van der Waals surface area contributed by atoms with Gasteiger partial charge in [-0.2, -0.15) is 0 Å². The second-order valence-electron chi connectivity index (χ2n) is 7.57. The largest absolute Gasteiger partial charge is 0.265 e. The third kappa shape index (κ3) is 4.13. The van der Waals surface area contributed by atoms with Crippen molar-refractivity contribution in [2.24, 2.45) is 4.99 Å². The lowest BCUT2D eigenvalue weighted by atomic mass is 9.96. The van der Waals surface area contributed by atoms with Crippen molar-refractivity contribution < 1.29 is 8.42 Å². The maximum atomic E-state index is 13.4. The highest BCUT2D eigenvalue weighted by Gasteiger charge is 2.38. The fourth-order valence-electron chi connectivity index (χ4n) is 3.79. The van der Waals surface area contributed by atoms with Gasteiger partial charge in [0, 0.05) is 0 Å². The molecule has 0 bridgehead atoms. The van der Waals surface area contributed by atoms with Crippen molar-refractivity contribution >= 4 is 27.0 Å². The van der Waals surface area contributed by atoms with Crippen LogP contribution in [0.25, 0.3) is 0 Å². The monoisotopic (exact) mass is 414 g/mol. The van der Waals surface area contributed by atoms with Gasteiger partial charge >= 0.3 is 0 Å². The standard InChI is InChI=1S/C22H26N2O2S2/c1-17-12-14-20(15-13-17)28(25,26)24-16-21(18-8-4-2-5-9-18)27-22(24)23-19-10-6-3-7-11-19/h2,4-5,8-9,12-15,19,21H,3,6-7,10-11,16H2,1H3/t21-/m0/s1. The van der Waals surface area contributed by atoms with E-state index in [9.17, 15) is 8.42 Å². The van der Waals surface area contributed by atoms with Crippen LogP contribution in [0, 0.1) is 6.92 Å². The molecule has 148 valence electrons. The number of thioether (sulfide) groups is 1. The fourth-order valence-corrected chi connectivity index (χ4v) is 6.82. The Morgan fingerprint density at radius 2 is 1.64 bits per heavy atom. The third-order valence-corrected chi connectivity index (χ3v) is 8.57. The van der Waals surface area contributed by atoms with Gasteiger partial charge in [0.15, 0.2) is 5.17 Å². The number of amidine groups is 1. The van der Waals surface area contributed by atoms with Gasteiger partial charge in [0.2, 0.25) is 0 Å². The Morgan fingerprint density at radius 1 is 0.964 bits per heavy atom. The van der Waals surface area contributed by atoms with Crippen LogP contribution in [-0.2, 0) is 10.0 Å². The second kappa shape index (κ2) is 8.29. The molecule has 2 aromatic carbocycles. The summed E-state index contributed by atoms with van der Waals surface area (Å²) in [5.41, 5.74) is 2.19. The minimum absolute atomic E-state index is 0.0729. The van der Waals surface area contributed by atoms with Crippen molar-refractivity contribution in [1.82, 2.24) is 4.31 Å². The second-order valence-corrected chi connectivity index (χ2v) is 10.6. The number of benzene rings is 2. The van der Waals surface area contributed by atoms with E-state index >= 15 is 0 Å². The number of nitrogens with zero attached hydrogens (tertiary/aromatic N) is 2. The van der Waals surface area contributed by atoms with E-state index in [-0.39, 0.29) is 11.3 Å². The summed E-state index contributed by atoms with van der Waals surface area (Å²) in [7, 11) is -3.61. The van der Waals surface area contributed by atoms with E-state index < -0.39 is 10.0 Å². The Labute approximate surface area is 172 Å². The molecule has 1 aliphatic heterocycles. The van der Waals surface area contributed by atoms with E-state index in [0.717, 1.165) is 24.0 Å². The average molecular weight is 415 g/mol. The zero-order valence-electron chi connectivity index (χ0n) is 16.1. The summed E-state index contributed by atoms with van der Waals surface area (Å²) in [5, 5.41) is 0.727. The summed E-state index contributed by atoms with van der Waals surface area (Å²) in [5.74, 6) is 0. The van der Waals surface area contributed by atoms with E-state index in [1.54, 1.807) is 23.9 Å². The van der Waals surface area contributed by atoms with Crippen molar-refractivity contribution in [1.29, 1.82) is 0 Å². The molecule has 0 amide bonds. The molecule has 6 heteroatoms. The number of aryl methyl sites for hydroxylation is 1. The van der Waals surface area contributed by atoms with Crippen molar-refractivity contribution in [3.8, 4) is 0 Å². The van der Waals surface area contributed by atoms with Gasteiger partial charge in [0.1, 0.15) is 0 Å². The minimum atomic E-state index is -3.61. The van der Waals surface area contributed by atoms with E-state index in [2.05, 4.69) is 12.1 Å². The zero-order valence-corrected chi connectivity index (χ0v) is 17.8. The molecule has 1 saturated carbocycles. The number of sulfonamides is 1. The molecule has 4 nitrogen and oxygen atoms in total. The van der Waals surface area contributed by atoms with Gasteiger partial charge in [-0.1, -0.05) is 79.1 Å². The molecule has 1 heterocycles. The zero-order chi connectivity index (χ0) is 19.6. The van der Waals surface area contributed by atoms with Crippen LogP contribution in [0.2, 0.25) is 0 Å². The van der Waals surface area contributed by atoms with Crippen LogP contribution >= 0.6 is 11.8 Å². The molecule has 0 N–H and O–H groups in total. The lowest BCUT2D eigenvalue weighted by molar-refractivity contribution is 0.440. The van der Waals surface area contributed by atoms with Gasteiger partial charge < -0.3 is 0 Å². The molecule has 0 unspecified atom stereocenters. The predicted octanol–water partition coefficient (Wildman–Crippen LogP) is 5.16. The molecule has 1 saturated heterocycles. The molecule has 1 atom stereocenters. The molecule has 0 aromatic heterocycles. The summed E-state index contributed by atoms with van der Waals surface area (Å²) in [6.07, 6.45) is 5.72. The summed E-state index contributed by atoms with van der Waals surface area (Å²) >= 11 is 1.59. The topological polar surface area (TPSA) is 49.7 Å². The normalized spacial score (nSPS) is 22.7. The van der Waals surface area contributed by atoms with E-state index in [0.29, 0.717) is 16.6 Å². The maximum Gasteiger partial charge on any atom is 0.265 e. The fraction of sp³-hybridized carbons (Fsp3) is 0.409. The van der Waals surface area contributed by atoms with Crippen LogP contribution in [-0.4, -0.2) is 30.5 Å². The van der Waals surface area contributed by atoms with Crippen LogP contribution in [0.5, 0.6) is 0 Å². The van der Waals surface area contributed by atoms with Crippen molar-refractivity contribution in [3.63, 3.8) is 0 Å². The molecular weight excluding hydrogens is 388 g/mol. The van der Waals surface area contributed by atoms with Crippen LogP contribution in [0.4, 0.5) is 0 Å². The summed E-state index contributed by atoms with van der Waals surface area (Å²) in [6, 6.07) is 17.5. The Morgan fingerprint density at radius 3 is 2.32 bits per heavy atom. The van der Waals surface area contributed by atoms with Gasteiger partial charge in [-0.3, -0.25) is 4.99 Å². The lowest BCUT2D eigenvalue weighted by Crippen LogP contribution is -2.33. The molecule has 2 aliphatic rings. The van der Waals surface area contributed by atoms with Crippen LogP contribution in [0.15, 0.2) is 64.5 Å². The number of aliphatic imine (C=N–C) groups is 1. The summed E-state index contributed by atoms with van der Waals surface area (Å²) in [4.78, 5) is 5.26. The molecule has 2 fully saturated rings. The lowest BCUT2D eigenvalue weighted by Gasteiger charge is -2.22. The Balaban J connectivity index is 1.68. The highest BCUT2D eigenvalue weighted by atomic mass is 32.2. The van der Waals surface area contributed by atoms with Gasteiger partial charge in [0.05, 0.1) is 22.7 Å². The van der Waals surface area contributed by atoms with Crippen molar-refractivity contribution in [2.75, 3.05) is 6.54 Å². The predicted molar refractivity (Wildman–Crippen MR) is 116 cm³/mol. The first kappa shape index (κ1) is 19.5. The molecular formula is C22H26N2O2S2. The molecule has 0 spiro atoms. The SMILES string of the molecule is Cc1ccc(S(=O)(=O)N2C[C@@H](c3ccccc3)SC2=NC2CCCCC2)cc1. The van der Waals surface area contributed by atoms with Crippen LogP contribution in [0.3, 0.4) is 0 Å². The average Bonchev–Trinajstić information content (AvgIpc) is 3.14. The highest BCUT2D eigenvalue weighted by Crippen LogP contribution is 2.41. The molecule has 1 aliphatic carbocycles. The molecule has 2 aromatic rings. The molecule has 28 heavy (non-hydrogen) atoms. The van der Waals surface area contributed by atoms with Crippen molar-refractivity contribution in [2.45, 2.75) is 55.2 Å². The highest BCUT2D eigenvalue weighted by molar-refractivity contribution is 8.15. The smallest absolute Gasteiger partial charge is 0.258 e. The summed E-state index contributed by atoms with van der Waals surface area (Å²) in [6.45, 7) is 2.39. The van der Waals surface area contributed by atoms with Crippen LogP contribution in [0.1, 0.15) is 48.5 Å². The Bertz CT molecular complexity index is 934. The van der Waals surface area contributed by atoms with Gasteiger partial charge in [-0.05, 0) is 37.5 Å². The number of rotatable bonds is 4. The van der Waals surface area contributed by atoms with E-state index in [4.69, 9.17) is 4.99 Å². The molecule has 0 radical (unpaired) electrons. The first-order valence-electron chi connectivity index (χ1n) is 9.93. The minimum Gasteiger partial charge on any atom is -0.258 e. The van der Waals surface area contributed by atoms with Crippen molar-refractivity contribution in [3.05, 3.63) is 65.7 Å². The van der Waals surface area contributed by atoms with Gasteiger partial charge in [-0.15, -0.1) is 0 Å². The van der Waals surface area contributed by atoms with Gasteiger partial charge in [0.25, 0.3) is 10.0 Å². The first-order chi connectivity index (χ1) is 13.5. The van der Waals surface area contributed by atoms with Crippen LogP contribution < -0.4 is 0 Å². The van der Waals surface area contributed by atoms with E-state index in [1.165, 1.54) is 23.6 Å². The van der Waals surface area contributed by atoms with Gasteiger partial charge in [-0.25, -0.2) is 12.7 Å².